The van der Waals surface area contributed by atoms with E-state index in [1.807, 2.05) is 43.3 Å². The Hall–Kier alpha value is -2.43. The van der Waals surface area contributed by atoms with Crippen molar-refractivity contribution in [3.05, 3.63) is 53.4 Å². The number of hydrazine groups is 1. The molecule has 1 heterocycles. The number of nitrogens with two attached hydrogens (primary N) is 1. The van der Waals surface area contributed by atoms with E-state index >= 15 is 0 Å². The quantitative estimate of drug-likeness (QED) is 0.763. The zero-order valence-corrected chi connectivity index (χ0v) is 11.5. The first-order chi connectivity index (χ1) is 9.58. The molecule has 0 spiro atoms. The number of benzene rings is 1. The molecular weight excluding hydrogens is 254 g/mol. The van der Waals surface area contributed by atoms with Gasteiger partial charge in [-0.15, -0.1) is 0 Å². The van der Waals surface area contributed by atoms with Crippen LogP contribution in [-0.4, -0.2) is 22.6 Å². The van der Waals surface area contributed by atoms with E-state index in [0.29, 0.717) is 18.8 Å². The Morgan fingerprint density at radius 1 is 1.35 bits per heavy atom. The van der Waals surface area contributed by atoms with Crippen LogP contribution in [0.2, 0.25) is 0 Å². The largest absolute Gasteiger partial charge is 0.481 e. The van der Waals surface area contributed by atoms with Crippen LogP contribution in [0.15, 0.2) is 47.8 Å². The van der Waals surface area contributed by atoms with Crippen LogP contribution in [0.3, 0.4) is 0 Å². The summed E-state index contributed by atoms with van der Waals surface area (Å²) >= 11 is 0. The number of hydrogen-bond donors (Lipinski definition) is 3. The van der Waals surface area contributed by atoms with Gasteiger partial charge >= 0.3 is 5.97 Å². The monoisotopic (exact) mass is 273 g/mol. The van der Waals surface area contributed by atoms with Gasteiger partial charge in [0.2, 0.25) is 0 Å². The molecule has 0 bridgehead atoms. The first-order valence-electron chi connectivity index (χ1n) is 6.57. The Labute approximate surface area is 118 Å². The predicted octanol–water partition coefficient (Wildman–Crippen LogP) is 1.90. The molecule has 0 radical (unpaired) electrons. The van der Waals surface area contributed by atoms with E-state index in [4.69, 9.17) is 10.8 Å². The number of carboxylic acids is 1. The van der Waals surface area contributed by atoms with Gasteiger partial charge in [-0.1, -0.05) is 30.3 Å². The maximum atomic E-state index is 10.6. The number of carbonyl (C=O) groups is 1. The molecule has 5 heteroatoms. The van der Waals surface area contributed by atoms with Gasteiger partial charge in [0, 0.05) is 13.0 Å². The van der Waals surface area contributed by atoms with Gasteiger partial charge < -0.3 is 10.8 Å². The summed E-state index contributed by atoms with van der Waals surface area (Å²) in [5.74, 6) is -0.157. The topological polar surface area (TPSA) is 78.6 Å². The molecule has 5 nitrogen and oxygen atoms in total. The van der Waals surface area contributed by atoms with Crippen molar-refractivity contribution in [1.82, 2.24) is 10.4 Å². The molecule has 20 heavy (non-hydrogen) atoms. The van der Waals surface area contributed by atoms with Gasteiger partial charge in [-0.3, -0.25) is 15.2 Å². The molecule has 106 valence electrons. The third-order valence-corrected chi connectivity index (χ3v) is 3.17. The fourth-order valence-electron chi connectivity index (χ4n) is 2.07. The lowest BCUT2D eigenvalue weighted by Gasteiger charge is -2.32. The second kappa shape index (κ2) is 6.14. The molecule has 0 amide bonds. The molecule has 0 saturated heterocycles. The third kappa shape index (κ3) is 3.32. The van der Waals surface area contributed by atoms with Crippen LogP contribution < -0.4 is 11.2 Å². The maximum Gasteiger partial charge on any atom is 0.303 e. The summed E-state index contributed by atoms with van der Waals surface area (Å²) in [5, 5.41) is 10.5. The number of nitrogens with one attached hydrogen (secondary N) is 1. The number of rotatable bonds is 5. The molecule has 1 aromatic carbocycles. The highest BCUT2D eigenvalue weighted by molar-refractivity contribution is 5.68. The predicted molar refractivity (Wildman–Crippen MR) is 78.0 cm³/mol. The lowest BCUT2D eigenvalue weighted by atomic mass is 10.1. The first kappa shape index (κ1) is 14.0. The van der Waals surface area contributed by atoms with Crippen LogP contribution in [0, 0.1) is 0 Å². The maximum absolute atomic E-state index is 10.6. The van der Waals surface area contributed by atoms with Crippen molar-refractivity contribution in [2.75, 3.05) is 6.54 Å². The van der Waals surface area contributed by atoms with Gasteiger partial charge in [0.1, 0.15) is 5.82 Å². The summed E-state index contributed by atoms with van der Waals surface area (Å²) in [6.07, 6.45) is 2.67. The van der Waals surface area contributed by atoms with E-state index < -0.39 is 5.97 Å². The van der Waals surface area contributed by atoms with Gasteiger partial charge in [-0.05, 0) is 30.6 Å². The molecule has 1 aromatic rings. The number of allylic oxidation sites excluding steroid dienone is 2. The summed E-state index contributed by atoms with van der Waals surface area (Å²) in [7, 11) is 0. The van der Waals surface area contributed by atoms with Crippen LogP contribution in [-0.2, 0) is 4.79 Å². The average Bonchev–Trinajstić information content (AvgIpc) is 2.44. The van der Waals surface area contributed by atoms with Crippen LogP contribution in [0.1, 0.15) is 25.3 Å². The molecule has 0 saturated carbocycles. The Morgan fingerprint density at radius 3 is 2.70 bits per heavy atom. The first-order valence-corrected chi connectivity index (χ1v) is 6.57. The van der Waals surface area contributed by atoms with Gasteiger partial charge in [0.05, 0.1) is 5.70 Å². The molecule has 0 unspecified atom stereocenters. The summed E-state index contributed by atoms with van der Waals surface area (Å²) in [6, 6.07) is 9.95. The standard InChI is InChI=1S/C15H19N3O2/c1-11-10-13(12-6-3-2-4-7-12)17-18(15(11)16)9-5-8-14(19)20/h2-4,6-7,10,17H,5,8-9,16H2,1H3,(H,19,20). The van der Waals surface area contributed by atoms with Gasteiger partial charge in [-0.2, -0.15) is 0 Å². The Bertz CT molecular complexity index is 549. The minimum absolute atomic E-state index is 0.134. The van der Waals surface area contributed by atoms with E-state index in [1.165, 1.54) is 0 Å². The highest BCUT2D eigenvalue weighted by Gasteiger charge is 2.16. The Balaban J connectivity index is 2.11. The van der Waals surface area contributed by atoms with E-state index in [-0.39, 0.29) is 6.42 Å². The van der Waals surface area contributed by atoms with Crippen molar-refractivity contribution in [3.8, 4) is 0 Å². The average molecular weight is 273 g/mol. The SMILES string of the molecule is CC1=C(N)N(CCCC(=O)O)NC(c2ccccc2)=C1. The minimum atomic E-state index is -0.792. The van der Waals surface area contributed by atoms with Crippen molar-refractivity contribution in [2.24, 2.45) is 5.73 Å². The van der Waals surface area contributed by atoms with Gasteiger partial charge in [0.25, 0.3) is 0 Å². The van der Waals surface area contributed by atoms with Crippen LogP contribution in [0.5, 0.6) is 0 Å². The zero-order valence-electron chi connectivity index (χ0n) is 11.5. The van der Waals surface area contributed by atoms with Crippen molar-refractivity contribution in [1.29, 1.82) is 0 Å². The molecule has 0 fully saturated rings. The number of aliphatic carboxylic acids is 1. The minimum Gasteiger partial charge on any atom is -0.481 e. The molecule has 1 aliphatic heterocycles. The normalized spacial score (nSPS) is 14.8. The summed E-state index contributed by atoms with van der Waals surface area (Å²) in [5.41, 5.74) is 12.3. The number of hydrogen-bond acceptors (Lipinski definition) is 4. The highest BCUT2D eigenvalue weighted by atomic mass is 16.4. The third-order valence-electron chi connectivity index (χ3n) is 3.17. The van der Waals surface area contributed by atoms with Crippen LogP contribution in [0.25, 0.3) is 5.70 Å². The second-order valence-corrected chi connectivity index (χ2v) is 4.75. The smallest absolute Gasteiger partial charge is 0.303 e. The Morgan fingerprint density at radius 2 is 2.05 bits per heavy atom. The molecule has 2 rings (SSSR count). The molecule has 4 N–H and O–H groups in total. The van der Waals surface area contributed by atoms with Crippen LogP contribution in [0.4, 0.5) is 0 Å². The zero-order chi connectivity index (χ0) is 14.5. The summed E-state index contributed by atoms with van der Waals surface area (Å²) in [6.45, 7) is 2.50. The lowest BCUT2D eigenvalue weighted by molar-refractivity contribution is -0.137. The molecule has 0 aliphatic carbocycles. The molecule has 0 atom stereocenters. The van der Waals surface area contributed by atoms with Crippen molar-refractivity contribution in [2.45, 2.75) is 19.8 Å². The second-order valence-electron chi connectivity index (χ2n) is 4.75. The summed E-state index contributed by atoms with van der Waals surface area (Å²) < 4.78 is 0. The van der Waals surface area contributed by atoms with Crippen molar-refractivity contribution >= 4 is 11.7 Å². The highest BCUT2D eigenvalue weighted by Crippen LogP contribution is 2.21. The van der Waals surface area contributed by atoms with Crippen LogP contribution >= 0.6 is 0 Å². The van der Waals surface area contributed by atoms with Gasteiger partial charge in [-0.25, -0.2) is 0 Å². The van der Waals surface area contributed by atoms with E-state index in [1.54, 1.807) is 5.01 Å². The van der Waals surface area contributed by atoms with Crippen molar-refractivity contribution in [3.63, 3.8) is 0 Å². The van der Waals surface area contributed by atoms with Crippen molar-refractivity contribution < 1.29 is 9.90 Å². The number of nitrogens with zero attached hydrogens (tertiary/aromatic N) is 1. The van der Waals surface area contributed by atoms with Gasteiger partial charge in [0.15, 0.2) is 0 Å². The van der Waals surface area contributed by atoms with E-state index in [2.05, 4.69) is 5.43 Å². The lowest BCUT2D eigenvalue weighted by Crippen LogP contribution is -2.42. The van der Waals surface area contributed by atoms with E-state index in [9.17, 15) is 4.79 Å². The fourth-order valence-corrected chi connectivity index (χ4v) is 2.07. The Kier molecular flexibility index (Phi) is 4.30. The molecule has 0 aromatic heterocycles. The fraction of sp³-hybridized carbons (Fsp3) is 0.267. The summed E-state index contributed by atoms with van der Waals surface area (Å²) in [4.78, 5) is 10.6. The molecule has 1 aliphatic rings. The molecular formula is C15H19N3O2. The van der Waals surface area contributed by atoms with E-state index in [0.717, 1.165) is 16.8 Å². The number of carboxylic acid groups (broad SMARTS) is 1.